The zero-order chi connectivity index (χ0) is 12.6. The van der Waals surface area contributed by atoms with Crippen LogP contribution < -0.4 is 0 Å². The van der Waals surface area contributed by atoms with Gasteiger partial charge < -0.3 is 4.74 Å². The number of alkyl halides is 2. The van der Waals surface area contributed by atoms with Crippen molar-refractivity contribution in [2.45, 2.75) is 6.55 Å². The third-order valence-electron chi connectivity index (χ3n) is 2.27. The van der Waals surface area contributed by atoms with Crippen LogP contribution in [0.3, 0.4) is 0 Å². The molecule has 0 unspecified atom stereocenters. The minimum absolute atomic E-state index is 0.176. The second-order valence-electron chi connectivity index (χ2n) is 3.25. The average Bonchev–Trinajstić information content (AvgIpc) is 2.72. The van der Waals surface area contributed by atoms with Crippen LogP contribution in [-0.2, 0) is 4.74 Å². The van der Waals surface area contributed by atoms with Crippen LogP contribution in [0.4, 0.5) is 8.78 Å². The molecule has 0 radical (unpaired) electrons. The average molecular weight is 305 g/mol. The number of carbonyl (C=O) groups excluding carboxylic acids is 1. The molecule has 0 bridgehead atoms. The molecule has 0 atom stereocenters. The fourth-order valence-electron chi connectivity index (χ4n) is 1.49. The Kier molecular flexibility index (Phi) is 3.10. The van der Waals surface area contributed by atoms with Gasteiger partial charge in [0.1, 0.15) is 0 Å². The van der Waals surface area contributed by atoms with Gasteiger partial charge in [0.15, 0.2) is 0 Å². The second-order valence-corrected chi connectivity index (χ2v) is 4.10. The largest absolute Gasteiger partial charge is 0.465 e. The van der Waals surface area contributed by atoms with E-state index >= 15 is 0 Å². The van der Waals surface area contributed by atoms with Crippen molar-refractivity contribution in [3.63, 3.8) is 0 Å². The highest BCUT2D eigenvalue weighted by molar-refractivity contribution is 9.10. The molecule has 0 saturated carbocycles. The Hall–Kier alpha value is -1.50. The van der Waals surface area contributed by atoms with Gasteiger partial charge in [-0.1, -0.05) is 15.9 Å². The molecule has 17 heavy (non-hydrogen) atoms. The minimum atomic E-state index is -2.76. The first-order valence-electron chi connectivity index (χ1n) is 4.58. The standard InChI is InChI=1S/C10H7BrF2N2O2/c1-17-9(16)5-2-7(11)6-4-14-15(10(12)13)8(6)3-5/h2-4,10H,1H3. The van der Waals surface area contributed by atoms with Gasteiger partial charge in [0, 0.05) is 9.86 Å². The molecule has 0 N–H and O–H groups in total. The number of ether oxygens (including phenoxy) is 1. The topological polar surface area (TPSA) is 44.1 Å². The third-order valence-corrected chi connectivity index (χ3v) is 2.93. The number of esters is 1. The molecule has 0 aliphatic rings. The molecule has 0 aliphatic heterocycles. The maximum absolute atomic E-state index is 12.6. The van der Waals surface area contributed by atoms with E-state index in [0.29, 0.717) is 14.5 Å². The van der Waals surface area contributed by atoms with Crippen molar-refractivity contribution < 1.29 is 18.3 Å². The fourth-order valence-corrected chi connectivity index (χ4v) is 2.05. The van der Waals surface area contributed by atoms with Crippen molar-refractivity contribution in [1.29, 1.82) is 0 Å². The van der Waals surface area contributed by atoms with E-state index in [1.54, 1.807) is 0 Å². The lowest BCUT2D eigenvalue weighted by molar-refractivity contribution is 0.0590. The van der Waals surface area contributed by atoms with Gasteiger partial charge >= 0.3 is 12.5 Å². The van der Waals surface area contributed by atoms with Crippen LogP contribution in [0.5, 0.6) is 0 Å². The monoisotopic (exact) mass is 304 g/mol. The lowest BCUT2D eigenvalue weighted by atomic mass is 10.2. The summed E-state index contributed by atoms with van der Waals surface area (Å²) >= 11 is 3.20. The molecule has 0 spiro atoms. The van der Waals surface area contributed by atoms with Gasteiger partial charge in [-0.3, -0.25) is 0 Å². The second kappa shape index (κ2) is 4.40. The maximum atomic E-state index is 12.6. The molecule has 2 rings (SSSR count). The first kappa shape index (κ1) is 12.0. The summed E-state index contributed by atoms with van der Waals surface area (Å²) in [4.78, 5) is 11.4. The predicted molar refractivity (Wildman–Crippen MR) is 60.0 cm³/mol. The molecule has 0 amide bonds. The number of fused-ring (bicyclic) bond motifs is 1. The van der Waals surface area contributed by atoms with E-state index in [2.05, 4.69) is 25.8 Å². The molecule has 0 fully saturated rings. The Morgan fingerprint density at radius 3 is 2.82 bits per heavy atom. The van der Waals surface area contributed by atoms with Crippen LogP contribution in [-0.4, -0.2) is 22.9 Å². The summed E-state index contributed by atoms with van der Waals surface area (Å²) in [6.07, 6.45) is 1.31. The van der Waals surface area contributed by atoms with Gasteiger partial charge in [0.05, 0.1) is 24.4 Å². The van der Waals surface area contributed by atoms with Gasteiger partial charge in [-0.25, -0.2) is 9.48 Å². The summed E-state index contributed by atoms with van der Waals surface area (Å²) in [5.41, 5.74) is 0.365. The van der Waals surface area contributed by atoms with Gasteiger partial charge in [0.2, 0.25) is 0 Å². The zero-order valence-electron chi connectivity index (χ0n) is 8.65. The molecule has 1 aromatic carbocycles. The van der Waals surface area contributed by atoms with E-state index in [4.69, 9.17) is 0 Å². The van der Waals surface area contributed by atoms with Crippen LogP contribution >= 0.6 is 15.9 Å². The highest BCUT2D eigenvalue weighted by atomic mass is 79.9. The number of aromatic nitrogens is 2. The molecule has 90 valence electrons. The Morgan fingerprint density at radius 1 is 1.53 bits per heavy atom. The van der Waals surface area contributed by atoms with Crippen LogP contribution in [0.15, 0.2) is 22.8 Å². The highest BCUT2D eigenvalue weighted by Gasteiger charge is 2.16. The van der Waals surface area contributed by atoms with Gasteiger partial charge in [-0.05, 0) is 12.1 Å². The number of nitrogens with zero attached hydrogens (tertiary/aromatic N) is 2. The molecule has 4 nitrogen and oxygen atoms in total. The van der Waals surface area contributed by atoms with E-state index in [-0.39, 0.29) is 11.1 Å². The maximum Gasteiger partial charge on any atom is 0.337 e. The van der Waals surface area contributed by atoms with Crippen LogP contribution in [0.2, 0.25) is 0 Å². The van der Waals surface area contributed by atoms with Crippen LogP contribution in [0.25, 0.3) is 10.9 Å². The van der Waals surface area contributed by atoms with Crippen LogP contribution in [0, 0.1) is 0 Å². The quantitative estimate of drug-likeness (QED) is 0.801. The molecule has 1 aromatic heterocycles. The molecular formula is C10H7BrF2N2O2. The Bertz CT molecular complexity index is 583. The number of hydrogen-bond acceptors (Lipinski definition) is 3. The van der Waals surface area contributed by atoms with Crippen molar-refractivity contribution in [3.05, 3.63) is 28.4 Å². The highest BCUT2D eigenvalue weighted by Crippen LogP contribution is 2.28. The van der Waals surface area contributed by atoms with Crippen molar-refractivity contribution >= 4 is 32.8 Å². The summed E-state index contributed by atoms with van der Waals surface area (Å²) < 4.78 is 30.9. The molecular weight excluding hydrogens is 298 g/mol. The van der Waals surface area contributed by atoms with E-state index in [1.807, 2.05) is 0 Å². The molecule has 7 heteroatoms. The summed E-state index contributed by atoms with van der Waals surface area (Å²) in [5.74, 6) is -0.588. The van der Waals surface area contributed by atoms with E-state index in [1.165, 1.54) is 25.4 Å². The van der Waals surface area contributed by atoms with Crippen molar-refractivity contribution in [2.75, 3.05) is 7.11 Å². The van der Waals surface area contributed by atoms with Gasteiger partial charge in [-0.15, -0.1) is 0 Å². The Balaban J connectivity index is 2.69. The predicted octanol–water partition coefficient (Wildman–Crippen LogP) is 2.98. The van der Waals surface area contributed by atoms with Crippen molar-refractivity contribution in [1.82, 2.24) is 9.78 Å². The number of halogens is 3. The fraction of sp³-hybridized carbons (Fsp3) is 0.200. The molecule has 0 aliphatic carbocycles. The van der Waals surface area contributed by atoms with Gasteiger partial charge in [-0.2, -0.15) is 13.9 Å². The summed E-state index contributed by atoms with van der Waals surface area (Å²) in [6.45, 7) is -2.76. The number of benzene rings is 1. The lowest BCUT2D eigenvalue weighted by Gasteiger charge is -2.04. The SMILES string of the molecule is COC(=O)c1cc(Br)c2cnn(C(F)F)c2c1. The van der Waals surface area contributed by atoms with Crippen LogP contribution in [0.1, 0.15) is 16.9 Å². The molecule has 0 saturated heterocycles. The van der Waals surface area contributed by atoms with Gasteiger partial charge in [0.25, 0.3) is 0 Å². The first-order chi connectivity index (χ1) is 8.04. The summed E-state index contributed by atoms with van der Waals surface area (Å²) in [7, 11) is 1.23. The van der Waals surface area contributed by atoms with E-state index in [9.17, 15) is 13.6 Å². The third kappa shape index (κ3) is 2.02. The zero-order valence-corrected chi connectivity index (χ0v) is 10.2. The Labute approximate surface area is 103 Å². The first-order valence-corrected chi connectivity index (χ1v) is 5.37. The number of hydrogen-bond donors (Lipinski definition) is 0. The number of methoxy groups -OCH3 is 1. The van der Waals surface area contributed by atoms with E-state index in [0.717, 1.165) is 0 Å². The lowest BCUT2D eigenvalue weighted by Crippen LogP contribution is -2.03. The normalized spacial score (nSPS) is 11.1. The number of rotatable bonds is 2. The molecule has 2 aromatic rings. The molecule has 1 heterocycles. The summed E-state index contributed by atoms with van der Waals surface area (Å²) in [6, 6.07) is 2.83. The number of carbonyl (C=O) groups is 1. The summed E-state index contributed by atoms with van der Waals surface area (Å²) in [5, 5.41) is 4.08. The van der Waals surface area contributed by atoms with E-state index < -0.39 is 12.5 Å². The minimum Gasteiger partial charge on any atom is -0.465 e. The van der Waals surface area contributed by atoms with Crippen molar-refractivity contribution in [2.24, 2.45) is 0 Å². The Morgan fingerprint density at radius 2 is 2.24 bits per heavy atom. The van der Waals surface area contributed by atoms with Crippen molar-refractivity contribution in [3.8, 4) is 0 Å². The smallest absolute Gasteiger partial charge is 0.337 e.